The summed E-state index contributed by atoms with van der Waals surface area (Å²) in [6.45, 7) is 5.71. The van der Waals surface area contributed by atoms with E-state index in [2.05, 4.69) is 11.8 Å². The van der Waals surface area contributed by atoms with Crippen molar-refractivity contribution in [1.82, 2.24) is 4.90 Å². The minimum atomic E-state index is -0.492. The number of thioether (sulfide) groups is 1. The number of halogens is 1. The first-order valence-corrected chi connectivity index (χ1v) is 11.6. The summed E-state index contributed by atoms with van der Waals surface area (Å²) in [6, 6.07) is 7.21. The molecule has 0 aliphatic carbocycles. The number of benzene rings is 1. The van der Waals surface area contributed by atoms with Gasteiger partial charge in [0.2, 0.25) is 0 Å². The quantitative estimate of drug-likeness (QED) is 0.439. The number of carbonyl (C=O) groups excluding carboxylic acids is 2. The van der Waals surface area contributed by atoms with Crippen LogP contribution in [-0.4, -0.2) is 53.1 Å². The van der Waals surface area contributed by atoms with Crippen molar-refractivity contribution in [2.75, 3.05) is 36.9 Å². The van der Waals surface area contributed by atoms with Gasteiger partial charge in [-0.3, -0.25) is 9.59 Å². The van der Waals surface area contributed by atoms with E-state index in [-0.39, 0.29) is 25.3 Å². The molecule has 1 aliphatic rings. The van der Waals surface area contributed by atoms with Gasteiger partial charge >= 0.3 is 5.97 Å². The number of carbonyl (C=O) groups is 2. The number of nitrogens with zero attached hydrogens (tertiary/aromatic N) is 3. The van der Waals surface area contributed by atoms with Crippen molar-refractivity contribution in [2.45, 2.75) is 33.1 Å². The summed E-state index contributed by atoms with van der Waals surface area (Å²) >= 11 is 12.7. The number of nitriles is 1. The highest BCUT2D eigenvalue weighted by Gasteiger charge is 2.21. The van der Waals surface area contributed by atoms with Crippen LogP contribution >= 0.6 is 35.6 Å². The molecule has 0 atom stereocenters. The van der Waals surface area contributed by atoms with Crippen LogP contribution < -0.4 is 4.90 Å². The predicted molar refractivity (Wildman–Crippen MR) is 125 cm³/mol. The molecule has 0 spiro atoms. The van der Waals surface area contributed by atoms with E-state index in [1.807, 2.05) is 13.0 Å². The number of piperidine rings is 1. The van der Waals surface area contributed by atoms with Gasteiger partial charge in [0.1, 0.15) is 4.32 Å². The topological polar surface area (TPSA) is 73.6 Å². The van der Waals surface area contributed by atoms with Gasteiger partial charge in [-0.15, -0.1) is 0 Å². The van der Waals surface area contributed by atoms with Crippen LogP contribution in [-0.2, 0) is 14.3 Å². The summed E-state index contributed by atoms with van der Waals surface area (Å²) in [5, 5.41) is 9.48. The number of thiocarbonyl (C=S) groups is 1. The van der Waals surface area contributed by atoms with Crippen LogP contribution in [0, 0.1) is 24.2 Å². The van der Waals surface area contributed by atoms with Crippen molar-refractivity contribution < 1.29 is 14.3 Å². The third kappa shape index (κ3) is 7.46. The van der Waals surface area contributed by atoms with E-state index >= 15 is 0 Å². The Bertz CT molecular complexity index is 820. The third-order valence-electron chi connectivity index (χ3n) is 4.91. The number of rotatable bonds is 7. The van der Waals surface area contributed by atoms with E-state index in [9.17, 15) is 9.59 Å². The number of ether oxygens (including phenoxy) is 1. The van der Waals surface area contributed by atoms with Crippen molar-refractivity contribution in [1.29, 1.82) is 5.26 Å². The minimum Gasteiger partial charge on any atom is -0.455 e. The van der Waals surface area contributed by atoms with Crippen molar-refractivity contribution in [2.24, 2.45) is 5.92 Å². The molecule has 1 saturated heterocycles. The fraction of sp³-hybridized carbons (Fsp3) is 0.524. The average Bonchev–Trinajstić information content (AvgIpc) is 2.73. The van der Waals surface area contributed by atoms with Crippen LogP contribution in [0.15, 0.2) is 18.2 Å². The molecule has 0 aromatic heterocycles. The molecule has 30 heavy (non-hydrogen) atoms. The Morgan fingerprint density at radius 2 is 2.10 bits per heavy atom. The molecule has 162 valence electrons. The molecule has 6 nitrogen and oxygen atoms in total. The number of anilines is 1. The zero-order chi connectivity index (χ0) is 22.1. The van der Waals surface area contributed by atoms with Gasteiger partial charge < -0.3 is 14.5 Å². The highest BCUT2D eigenvalue weighted by molar-refractivity contribution is 8.23. The third-order valence-corrected chi connectivity index (χ3v) is 6.83. The number of likely N-dealkylation sites (tertiary alicyclic amines) is 1. The number of hydrogen-bond acceptors (Lipinski definition) is 6. The molecule has 0 unspecified atom stereocenters. The van der Waals surface area contributed by atoms with Gasteiger partial charge in [0.15, 0.2) is 6.61 Å². The van der Waals surface area contributed by atoms with E-state index in [0.29, 0.717) is 20.9 Å². The zero-order valence-electron chi connectivity index (χ0n) is 17.2. The highest BCUT2D eigenvalue weighted by Crippen LogP contribution is 2.23. The van der Waals surface area contributed by atoms with E-state index in [1.54, 1.807) is 18.2 Å². The van der Waals surface area contributed by atoms with E-state index in [4.69, 9.17) is 33.8 Å². The molecule has 1 aromatic rings. The van der Waals surface area contributed by atoms with Crippen molar-refractivity contribution in [3.63, 3.8) is 0 Å². The SMILES string of the molecule is Cc1cc(N(CCC#N)C(=O)COC(=O)CSC(=S)N2CCC(C)CC2)ccc1Cl. The molecular weight excluding hydrogens is 442 g/mol. The fourth-order valence-electron chi connectivity index (χ4n) is 3.02. The summed E-state index contributed by atoms with van der Waals surface area (Å²) in [6.07, 6.45) is 2.37. The van der Waals surface area contributed by atoms with Crippen LogP contribution in [0.2, 0.25) is 5.02 Å². The van der Waals surface area contributed by atoms with Crippen LogP contribution in [0.3, 0.4) is 0 Å². The summed E-state index contributed by atoms with van der Waals surface area (Å²) in [4.78, 5) is 28.3. The molecule has 9 heteroatoms. The first-order chi connectivity index (χ1) is 14.3. The second kappa shape index (κ2) is 12.1. The molecule has 1 aromatic carbocycles. The Hall–Kier alpha value is -1.82. The Kier molecular flexibility index (Phi) is 9.89. The molecule has 0 bridgehead atoms. The summed E-state index contributed by atoms with van der Waals surface area (Å²) in [5.74, 6) is -0.110. The maximum atomic E-state index is 12.6. The molecule has 1 amide bonds. The summed E-state index contributed by atoms with van der Waals surface area (Å²) in [7, 11) is 0. The second-order valence-electron chi connectivity index (χ2n) is 7.27. The number of esters is 1. The van der Waals surface area contributed by atoms with Crippen molar-refractivity contribution >= 4 is 57.5 Å². The van der Waals surface area contributed by atoms with Gasteiger partial charge in [-0.1, -0.05) is 42.5 Å². The molecule has 1 heterocycles. The molecule has 0 N–H and O–H groups in total. The van der Waals surface area contributed by atoms with Gasteiger partial charge in [0.25, 0.3) is 5.91 Å². The average molecular weight is 468 g/mol. The van der Waals surface area contributed by atoms with Gasteiger partial charge in [-0.05, 0) is 49.4 Å². The molecule has 1 aliphatic heterocycles. The number of aryl methyl sites for hydroxylation is 1. The van der Waals surface area contributed by atoms with Crippen molar-refractivity contribution in [3.05, 3.63) is 28.8 Å². The minimum absolute atomic E-state index is 0.0659. The van der Waals surface area contributed by atoms with Gasteiger partial charge in [0, 0.05) is 30.3 Å². The molecular formula is C21H26ClN3O3S2. The highest BCUT2D eigenvalue weighted by atomic mass is 35.5. The fourth-order valence-corrected chi connectivity index (χ4v) is 4.19. The van der Waals surface area contributed by atoms with Crippen LogP contribution in [0.1, 0.15) is 31.7 Å². The smallest absolute Gasteiger partial charge is 0.316 e. The van der Waals surface area contributed by atoms with Crippen LogP contribution in [0.25, 0.3) is 0 Å². The number of hydrogen-bond donors (Lipinski definition) is 0. The standard InChI is InChI=1S/C21H26ClN3O3S2/c1-15-6-10-24(11-7-15)21(29)30-14-20(27)28-13-19(26)25(9-3-8-23)17-4-5-18(22)16(2)12-17/h4-5,12,15H,3,6-7,9-11,13-14H2,1-2H3. The second-order valence-corrected chi connectivity index (χ2v) is 9.29. The maximum absolute atomic E-state index is 12.6. The lowest BCUT2D eigenvalue weighted by molar-refractivity contribution is -0.145. The van der Waals surface area contributed by atoms with Crippen molar-refractivity contribution in [3.8, 4) is 6.07 Å². The normalized spacial score (nSPS) is 14.1. The Labute approximate surface area is 192 Å². The lowest BCUT2D eigenvalue weighted by Gasteiger charge is -2.31. The van der Waals surface area contributed by atoms with E-state index in [1.165, 1.54) is 16.7 Å². The van der Waals surface area contributed by atoms with Crippen LogP contribution in [0.4, 0.5) is 5.69 Å². The monoisotopic (exact) mass is 467 g/mol. The summed E-state index contributed by atoms with van der Waals surface area (Å²) < 4.78 is 5.85. The molecule has 1 fully saturated rings. The van der Waals surface area contributed by atoms with Gasteiger partial charge in [0.05, 0.1) is 18.2 Å². The molecule has 0 radical (unpaired) electrons. The first kappa shape index (κ1) is 24.4. The Balaban J connectivity index is 1.85. The lowest BCUT2D eigenvalue weighted by atomic mass is 10.00. The summed E-state index contributed by atoms with van der Waals surface area (Å²) in [5.41, 5.74) is 1.43. The predicted octanol–water partition coefficient (Wildman–Crippen LogP) is 4.19. The van der Waals surface area contributed by atoms with Gasteiger partial charge in [-0.2, -0.15) is 5.26 Å². The van der Waals surface area contributed by atoms with E-state index < -0.39 is 11.9 Å². The Morgan fingerprint density at radius 3 is 2.73 bits per heavy atom. The molecule has 2 rings (SSSR count). The maximum Gasteiger partial charge on any atom is 0.316 e. The zero-order valence-corrected chi connectivity index (χ0v) is 19.6. The van der Waals surface area contributed by atoms with Crippen LogP contribution in [0.5, 0.6) is 0 Å². The molecule has 0 saturated carbocycles. The first-order valence-electron chi connectivity index (χ1n) is 9.82. The lowest BCUT2D eigenvalue weighted by Crippen LogP contribution is -2.36. The van der Waals surface area contributed by atoms with Gasteiger partial charge in [-0.25, -0.2) is 0 Å². The largest absolute Gasteiger partial charge is 0.455 e. The Morgan fingerprint density at radius 1 is 1.40 bits per heavy atom. The van der Waals surface area contributed by atoms with E-state index in [0.717, 1.165) is 31.5 Å². The number of amides is 1.